The molecule has 0 fully saturated rings. The highest BCUT2D eigenvalue weighted by Crippen LogP contribution is 2.43. The van der Waals surface area contributed by atoms with Crippen molar-refractivity contribution in [3.8, 4) is 61.3 Å². The van der Waals surface area contributed by atoms with Crippen molar-refractivity contribution in [2.75, 3.05) is 4.90 Å². The number of nitrogens with zero attached hydrogens (tertiary/aromatic N) is 2. The van der Waals surface area contributed by atoms with Gasteiger partial charge in [0.1, 0.15) is 0 Å². The molecular weight excluding hydrogens is 797 g/mol. The Labute approximate surface area is 386 Å². The van der Waals surface area contributed by atoms with E-state index in [1.165, 1.54) is 93.6 Å². The van der Waals surface area contributed by atoms with Crippen LogP contribution in [0.4, 0.5) is 11.4 Å². The Hall–Kier alpha value is -8.46. The van der Waals surface area contributed by atoms with Gasteiger partial charge in [0.2, 0.25) is 0 Å². The van der Waals surface area contributed by atoms with Crippen LogP contribution in [-0.2, 0) is 0 Å². The van der Waals surface area contributed by atoms with E-state index in [9.17, 15) is 0 Å². The van der Waals surface area contributed by atoms with E-state index in [1.807, 2.05) is 0 Å². The number of hydrogen-bond donors (Lipinski definition) is 0. The Balaban J connectivity index is 0.981. The van der Waals surface area contributed by atoms with Gasteiger partial charge in [0.15, 0.2) is 0 Å². The monoisotopic (exact) mass is 842 g/mol. The lowest BCUT2D eigenvalue weighted by Crippen LogP contribution is -2.38. The summed E-state index contributed by atoms with van der Waals surface area (Å²) >= 11 is 0. The van der Waals surface area contributed by atoms with Gasteiger partial charge in [-0.1, -0.05) is 194 Å². The van der Waals surface area contributed by atoms with Crippen molar-refractivity contribution in [2.24, 2.45) is 0 Å². The first-order valence-corrected chi connectivity index (χ1v) is 22.9. The minimum Gasteiger partial charge on any atom is -0.334 e. The zero-order valence-electron chi connectivity index (χ0n) is 36.5. The van der Waals surface area contributed by atoms with Crippen molar-refractivity contribution in [3.05, 3.63) is 259 Å². The van der Waals surface area contributed by atoms with Gasteiger partial charge in [-0.25, -0.2) is 0 Å². The summed E-state index contributed by atoms with van der Waals surface area (Å²) in [5.41, 5.74) is 17.9. The molecule has 0 radical (unpaired) electrons. The average Bonchev–Trinajstić information content (AvgIpc) is 3.74. The Kier molecular flexibility index (Phi) is 10.0. The topological polar surface area (TPSA) is 8.17 Å². The standard InChI is InChI=1S/C64H46N2/c1-4-18-45(19-5-1)52-41-53(46-20-6-2-7-21-46)43-54(42-52)48-34-37-56(38-35-48)65(57-39-36-47-22-10-11-23-49(47)44-57)61-31-14-12-28-58(61)50-24-16-25-51(40-50)59-30-17-33-63-64(59)60-29-13-15-32-62(60)66(63)55-26-8-3-9-27-55/h1-38,40-44,57H,39H2. The van der Waals surface area contributed by atoms with E-state index in [-0.39, 0.29) is 6.04 Å². The third-order valence-corrected chi connectivity index (χ3v) is 13.3. The Morgan fingerprint density at radius 3 is 1.58 bits per heavy atom. The first-order chi connectivity index (χ1) is 32.7. The summed E-state index contributed by atoms with van der Waals surface area (Å²) in [5.74, 6) is 0. The summed E-state index contributed by atoms with van der Waals surface area (Å²) < 4.78 is 2.40. The van der Waals surface area contributed by atoms with Gasteiger partial charge in [-0.05, 0) is 134 Å². The first-order valence-electron chi connectivity index (χ1n) is 22.9. The van der Waals surface area contributed by atoms with E-state index in [2.05, 4.69) is 270 Å². The maximum absolute atomic E-state index is 2.56. The molecule has 0 amide bonds. The van der Waals surface area contributed by atoms with E-state index in [0.29, 0.717) is 0 Å². The van der Waals surface area contributed by atoms with Crippen molar-refractivity contribution >= 4 is 45.3 Å². The summed E-state index contributed by atoms with van der Waals surface area (Å²) in [5, 5.41) is 5.07. The predicted molar refractivity (Wildman–Crippen MR) is 280 cm³/mol. The van der Waals surface area contributed by atoms with Crippen LogP contribution in [0.5, 0.6) is 0 Å². The minimum atomic E-state index is 0.0963. The second-order valence-corrected chi connectivity index (χ2v) is 17.2. The van der Waals surface area contributed by atoms with Gasteiger partial charge < -0.3 is 9.47 Å². The lowest BCUT2D eigenvalue weighted by atomic mass is 9.92. The van der Waals surface area contributed by atoms with Crippen molar-refractivity contribution in [2.45, 2.75) is 12.5 Å². The smallest absolute Gasteiger partial charge is 0.0566 e. The molecule has 1 heterocycles. The molecule has 1 aliphatic carbocycles. The average molecular weight is 843 g/mol. The van der Waals surface area contributed by atoms with Gasteiger partial charge in [-0.15, -0.1) is 0 Å². The maximum atomic E-state index is 2.56. The Morgan fingerprint density at radius 2 is 0.864 bits per heavy atom. The van der Waals surface area contributed by atoms with Crippen LogP contribution in [0, 0.1) is 0 Å². The third-order valence-electron chi connectivity index (χ3n) is 13.3. The van der Waals surface area contributed by atoms with Crippen LogP contribution in [-0.4, -0.2) is 10.6 Å². The number of benzene rings is 10. The molecule has 2 nitrogen and oxygen atoms in total. The second-order valence-electron chi connectivity index (χ2n) is 17.2. The van der Waals surface area contributed by atoms with E-state index >= 15 is 0 Å². The number of rotatable bonds is 9. The number of fused-ring (bicyclic) bond motifs is 4. The summed E-state index contributed by atoms with van der Waals surface area (Å²) in [7, 11) is 0. The van der Waals surface area contributed by atoms with Gasteiger partial charge in [0.25, 0.3) is 0 Å². The largest absolute Gasteiger partial charge is 0.334 e. The predicted octanol–water partition coefficient (Wildman–Crippen LogP) is 15.3. The quantitative estimate of drug-likeness (QED) is 0.141. The molecule has 0 bridgehead atoms. The summed E-state index contributed by atoms with van der Waals surface area (Å²) in [4.78, 5) is 2.56. The summed E-state index contributed by atoms with van der Waals surface area (Å²) in [6, 6.07) is 90.8. The van der Waals surface area contributed by atoms with E-state index in [4.69, 9.17) is 0 Å². The summed E-state index contributed by atoms with van der Waals surface area (Å²) in [6.45, 7) is 0. The molecular formula is C64H46N2. The van der Waals surface area contributed by atoms with Gasteiger partial charge in [-0.3, -0.25) is 0 Å². The molecule has 0 saturated heterocycles. The second kappa shape index (κ2) is 16.9. The van der Waals surface area contributed by atoms with Crippen LogP contribution in [0.25, 0.3) is 95.3 Å². The van der Waals surface area contributed by atoms with Crippen molar-refractivity contribution in [1.82, 2.24) is 4.57 Å². The normalized spacial score (nSPS) is 13.2. The molecule has 0 spiro atoms. The molecule has 1 atom stereocenters. The van der Waals surface area contributed by atoms with E-state index in [0.717, 1.165) is 17.8 Å². The van der Waals surface area contributed by atoms with Gasteiger partial charge in [0.05, 0.1) is 17.1 Å². The molecule has 2 heteroatoms. The molecule has 10 aromatic carbocycles. The zero-order valence-corrected chi connectivity index (χ0v) is 36.5. The highest BCUT2D eigenvalue weighted by molar-refractivity contribution is 6.16. The molecule has 1 aliphatic rings. The molecule has 11 aromatic rings. The minimum absolute atomic E-state index is 0.0963. The lowest BCUT2D eigenvalue weighted by Gasteiger charge is -2.34. The SMILES string of the molecule is C1=c2ccccc2=CC(N(c2ccc(-c3cc(-c4ccccc4)cc(-c4ccccc4)c3)cc2)c2ccccc2-c2cccc(-c3cccc4c3c3ccccc3n4-c3ccccc3)c2)C1. The van der Waals surface area contributed by atoms with Crippen LogP contribution in [0.2, 0.25) is 0 Å². The van der Waals surface area contributed by atoms with Crippen LogP contribution in [0.1, 0.15) is 6.42 Å². The molecule has 0 aliphatic heterocycles. The van der Waals surface area contributed by atoms with Crippen LogP contribution in [0.3, 0.4) is 0 Å². The van der Waals surface area contributed by atoms with Crippen molar-refractivity contribution < 1.29 is 0 Å². The number of para-hydroxylation sites is 3. The summed E-state index contributed by atoms with van der Waals surface area (Å²) in [6.07, 6.45) is 5.74. The van der Waals surface area contributed by atoms with E-state index < -0.39 is 0 Å². The number of hydrogen-bond acceptors (Lipinski definition) is 1. The molecule has 1 aromatic heterocycles. The molecule has 66 heavy (non-hydrogen) atoms. The third kappa shape index (κ3) is 7.19. The highest BCUT2D eigenvalue weighted by atomic mass is 15.2. The fraction of sp³-hybridized carbons (Fsp3) is 0.0312. The molecule has 12 rings (SSSR count). The fourth-order valence-corrected chi connectivity index (χ4v) is 10.2. The van der Waals surface area contributed by atoms with Crippen molar-refractivity contribution in [3.63, 3.8) is 0 Å². The van der Waals surface area contributed by atoms with Crippen molar-refractivity contribution in [1.29, 1.82) is 0 Å². The zero-order chi connectivity index (χ0) is 43.8. The van der Waals surface area contributed by atoms with Gasteiger partial charge in [0, 0.05) is 33.4 Å². The maximum Gasteiger partial charge on any atom is 0.0566 e. The molecule has 1 unspecified atom stereocenters. The van der Waals surface area contributed by atoms with Gasteiger partial charge in [-0.2, -0.15) is 0 Å². The van der Waals surface area contributed by atoms with Crippen LogP contribution >= 0.6 is 0 Å². The molecule has 0 N–H and O–H groups in total. The van der Waals surface area contributed by atoms with Crippen LogP contribution in [0.15, 0.2) is 249 Å². The highest BCUT2D eigenvalue weighted by Gasteiger charge is 2.24. The van der Waals surface area contributed by atoms with Gasteiger partial charge >= 0.3 is 0 Å². The van der Waals surface area contributed by atoms with E-state index in [1.54, 1.807) is 0 Å². The lowest BCUT2D eigenvalue weighted by molar-refractivity contribution is 0.838. The number of aromatic nitrogens is 1. The Morgan fingerprint density at radius 1 is 0.364 bits per heavy atom. The Bertz CT molecular complexity index is 3600. The molecule has 312 valence electrons. The first kappa shape index (κ1) is 39.2. The molecule has 0 saturated carbocycles. The number of anilines is 2. The van der Waals surface area contributed by atoms with Crippen LogP contribution < -0.4 is 15.3 Å². The fourth-order valence-electron chi connectivity index (χ4n) is 10.2.